The first-order chi connectivity index (χ1) is 14.6. The van der Waals surface area contributed by atoms with E-state index in [-0.39, 0.29) is 17.5 Å². The van der Waals surface area contributed by atoms with Crippen molar-refractivity contribution in [1.29, 1.82) is 0 Å². The van der Waals surface area contributed by atoms with E-state index in [2.05, 4.69) is 4.98 Å². The number of hydrogen-bond donors (Lipinski definition) is 0. The van der Waals surface area contributed by atoms with E-state index in [9.17, 15) is 9.59 Å². The Balaban J connectivity index is 1.60. The van der Waals surface area contributed by atoms with E-state index in [4.69, 9.17) is 9.47 Å². The minimum absolute atomic E-state index is 0.000844. The van der Waals surface area contributed by atoms with E-state index in [1.807, 2.05) is 28.0 Å². The number of amides is 2. The number of rotatable bonds is 5. The van der Waals surface area contributed by atoms with Crippen molar-refractivity contribution in [2.24, 2.45) is 0 Å². The smallest absolute Gasteiger partial charge is 0.337 e. The molecule has 1 spiro atoms. The zero-order chi connectivity index (χ0) is 21.1. The van der Waals surface area contributed by atoms with Crippen LogP contribution in [0.5, 0.6) is 5.88 Å². The van der Waals surface area contributed by atoms with Crippen LogP contribution in [0.1, 0.15) is 48.0 Å². The molecule has 0 unspecified atom stereocenters. The molecule has 2 aromatic rings. The summed E-state index contributed by atoms with van der Waals surface area (Å²) in [5, 5.41) is 0. The minimum atomic E-state index is -0.360. The zero-order valence-corrected chi connectivity index (χ0v) is 17.5. The van der Waals surface area contributed by atoms with Gasteiger partial charge in [-0.15, -0.1) is 0 Å². The van der Waals surface area contributed by atoms with Crippen molar-refractivity contribution in [3.8, 4) is 5.88 Å². The van der Waals surface area contributed by atoms with Gasteiger partial charge < -0.3 is 14.4 Å². The third-order valence-electron chi connectivity index (χ3n) is 6.23. The molecule has 1 saturated carbocycles. The van der Waals surface area contributed by atoms with Crippen molar-refractivity contribution in [2.45, 2.75) is 44.2 Å². The Morgan fingerprint density at radius 1 is 1.07 bits per heavy atom. The Labute approximate surface area is 176 Å². The summed E-state index contributed by atoms with van der Waals surface area (Å²) in [4.78, 5) is 33.3. The van der Waals surface area contributed by atoms with Crippen molar-refractivity contribution < 1.29 is 19.1 Å². The van der Waals surface area contributed by atoms with Crippen LogP contribution in [-0.2, 0) is 11.3 Å². The van der Waals surface area contributed by atoms with Gasteiger partial charge in [-0.05, 0) is 36.6 Å². The summed E-state index contributed by atoms with van der Waals surface area (Å²) in [5.74, 6) is 0.168. The maximum atomic E-state index is 13.5. The Morgan fingerprint density at radius 3 is 2.40 bits per heavy atom. The molecule has 2 fully saturated rings. The van der Waals surface area contributed by atoms with Gasteiger partial charge in [-0.2, -0.15) is 0 Å². The van der Waals surface area contributed by atoms with Crippen molar-refractivity contribution in [2.75, 3.05) is 25.7 Å². The van der Waals surface area contributed by atoms with E-state index in [0.29, 0.717) is 24.5 Å². The highest BCUT2D eigenvalue weighted by molar-refractivity contribution is 5.95. The topological polar surface area (TPSA) is 72.0 Å². The van der Waals surface area contributed by atoms with E-state index in [1.54, 1.807) is 31.5 Å². The van der Waals surface area contributed by atoms with Crippen molar-refractivity contribution >= 4 is 17.7 Å². The van der Waals surface area contributed by atoms with Crippen LogP contribution in [0.3, 0.4) is 0 Å². The van der Waals surface area contributed by atoms with Gasteiger partial charge in [0.15, 0.2) is 0 Å². The Hall–Kier alpha value is -3.09. The molecule has 1 aliphatic carbocycles. The summed E-state index contributed by atoms with van der Waals surface area (Å²) in [6.07, 6.45) is 7.15. The number of nitrogens with zero attached hydrogens (tertiary/aromatic N) is 3. The fourth-order valence-electron chi connectivity index (χ4n) is 4.57. The SMILES string of the molecule is COC(=O)c1ccc(CN2C(=O)N(c3ccc(OC)nc3)CC23CCCCC3)cc1. The summed E-state index contributed by atoms with van der Waals surface area (Å²) >= 11 is 0. The second-order valence-electron chi connectivity index (χ2n) is 7.99. The summed E-state index contributed by atoms with van der Waals surface area (Å²) in [5.41, 5.74) is 2.12. The minimum Gasteiger partial charge on any atom is -0.481 e. The van der Waals surface area contributed by atoms with Crippen molar-refractivity contribution in [3.05, 3.63) is 53.7 Å². The third kappa shape index (κ3) is 3.72. The van der Waals surface area contributed by atoms with Crippen LogP contribution < -0.4 is 9.64 Å². The predicted octanol–water partition coefficient (Wildman–Crippen LogP) is 4.02. The van der Waals surface area contributed by atoms with Crippen molar-refractivity contribution in [3.63, 3.8) is 0 Å². The molecule has 0 atom stereocenters. The van der Waals surface area contributed by atoms with Gasteiger partial charge in [0, 0.05) is 12.6 Å². The molecule has 1 saturated heterocycles. The summed E-state index contributed by atoms with van der Waals surface area (Å²) < 4.78 is 9.92. The first-order valence-corrected chi connectivity index (χ1v) is 10.3. The molecule has 1 aromatic carbocycles. The molecular formula is C23H27N3O4. The number of ether oxygens (including phenoxy) is 2. The lowest BCUT2D eigenvalue weighted by Crippen LogP contribution is -2.48. The lowest BCUT2D eigenvalue weighted by molar-refractivity contribution is 0.0600. The predicted molar refractivity (Wildman–Crippen MR) is 113 cm³/mol. The Morgan fingerprint density at radius 2 is 1.80 bits per heavy atom. The molecule has 1 aliphatic heterocycles. The highest BCUT2D eigenvalue weighted by Crippen LogP contribution is 2.42. The highest BCUT2D eigenvalue weighted by atomic mass is 16.5. The monoisotopic (exact) mass is 409 g/mol. The number of methoxy groups -OCH3 is 2. The van der Waals surface area contributed by atoms with E-state index in [1.165, 1.54) is 13.5 Å². The zero-order valence-electron chi connectivity index (χ0n) is 17.5. The average molecular weight is 409 g/mol. The number of hydrogen-bond acceptors (Lipinski definition) is 5. The third-order valence-corrected chi connectivity index (χ3v) is 6.23. The second-order valence-corrected chi connectivity index (χ2v) is 7.99. The molecule has 0 bridgehead atoms. The number of esters is 1. The average Bonchev–Trinajstić information content (AvgIpc) is 3.05. The van der Waals surface area contributed by atoms with Gasteiger partial charge in [-0.25, -0.2) is 14.6 Å². The van der Waals surface area contributed by atoms with Crippen LogP contribution in [-0.4, -0.2) is 48.2 Å². The van der Waals surface area contributed by atoms with Gasteiger partial charge in [-0.1, -0.05) is 31.4 Å². The van der Waals surface area contributed by atoms with E-state index in [0.717, 1.165) is 36.9 Å². The highest BCUT2D eigenvalue weighted by Gasteiger charge is 2.50. The normalized spacial score (nSPS) is 18.0. The largest absolute Gasteiger partial charge is 0.481 e. The molecule has 0 N–H and O–H groups in total. The molecule has 30 heavy (non-hydrogen) atoms. The van der Waals surface area contributed by atoms with Gasteiger partial charge in [0.05, 0.1) is 43.8 Å². The maximum Gasteiger partial charge on any atom is 0.337 e. The fourth-order valence-corrected chi connectivity index (χ4v) is 4.57. The summed E-state index contributed by atoms with van der Waals surface area (Å²) in [7, 11) is 2.95. The number of aromatic nitrogens is 1. The quantitative estimate of drug-likeness (QED) is 0.698. The Bertz CT molecular complexity index is 905. The number of carbonyl (C=O) groups is 2. The van der Waals surface area contributed by atoms with Gasteiger partial charge in [0.2, 0.25) is 5.88 Å². The van der Waals surface area contributed by atoms with E-state index < -0.39 is 0 Å². The van der Waals surface area contributed by atoms with Gasteiger partial charge >= 0.3 is 12.0 Å². The van der Waals surface area contributed by atoms with E-state index >= 15 is 0 Å². The van der Waals surface area contributed by atoms with Crippen LogP contribution in [0, 0.1) is 0 Å². The van der Waals surface area contributed by atoms with Gasteiger partial charge in [0.1, 0.15) is 0 Å². The molecule has 1 aromatic heterocycles. The number of carbonyl (C=O) groups excluding carboxylic acids is 2. The van der Waals surface area contributed by atoms with Crippen molar-refractivity contribution in [1.82, 2.24) is 9.88 Å². The standard InChI is InChI=1S/C23H27N3O4/c1-29-20-11-10-19(14-24-20)25-16-23(12-4-3-5-13-23)26(22(25)28)15-17-6-8-18(9-7-17)21(27)30-2/h6-11,14H,3-5,12-13,15-16H2,1-2H3. The molecular weight excluding hydrogens is 382 g/mol. The van der Waals surface area contributed by atoms with Crippen LogP contribution in [0.2, 0.25) is 0 Å². The molecule has 4 rings (SSSR count). The molecule has 0 radical (unpaired) electrons. The van der Waals surface area contributed by atoms with Crippen LogP contribution in [0.4, 0.5) is 10.5 Å². The second kappa shape index (κ2) is 8.34. The van der Waals surface area contributed by atoms with Crippen LogP contribution >= 0.6 is 0 Å². The number of urea groups is 1. The number of benzene rings is 1. The van der Waals surface area contributed by atoms with Crippen LogP contribution in [0.25, 0.3) is 0 Å². The lowest BCUT2D eigenvalue weighted by atomic mass is 9.81. The fraction of sp³-hybridized carbons (Fsp3) is 0.435. The molecule has 158 valence electrons. The summed E-state index contributed by atoms with van der Waals surface area (Å²) in [6.45, 7) is 1.18. The lowest BCUT2D eigenvalue weighted by Gasteiger charge is -2.40. The van der Waals surface area contributed by atoms with Gasteiger partial charge in [0.25, 0.3) is 0 Å². The number of anilines is 1. The maximum absolute atomic E-state index is 13.5. The molecule has 2 amide bonds. The molecule has 7 heteroatoms. The molecule has 2 heterocycles. The van der Waals surface area contributed by atoms with Gasteiger partial charge in [-0.3, -0.25) is 4.90 Å². The first kappa shape index (κ1) is 20.2. The summed E-state index contributed by atoms with van der Waals surface area (Å²) in [6, 6.07) is 11.0. The number of pyridine rings is 1. The molecule has 2 aliphatic rings. The first-order valence-electron chi connectivity index (χ1n) is 10.3. The van der Waals surface area contributed by atoms with Crippen LogP contribution in [0.15, 0.2) is 42.6 Å². The molecule has 7 nitrogen and oxygen atoms in total. The Kier molecular flexibility index (Phi) is 5.61.